The molecule has 0 aliphatic heterocycles. The normalized spacial score (nSPS) is 15.0. The summed E-state index contributed by atoms with van der Waals surface area (Å²) in [5.41, 5.74) is 0. The maximum absolute atomic E-state index is 11.7. The van der Waals surface area contributed by atoms with Gasteiger partial charge in [0.1, 0.15) is 6.42 Å². The van der Waals surface area contributed by atoms with Crippen molar-refractivity contribution >= 4 is 11.8 Å². The van der Waals surface area contributed by atoms with Crippen LogP contribution in [0.1, 0.15) is 26.2 Å². The van der Waals surface area contributed by atoms with Gasteiger partial charge in [0.05, 0.1) is 19.8 Å². The summed E-state index contributed by atoms with van der Waals surface area (Å²) in [6, 6.07) is 0.497. The third kappa shape index (κ3) is 5.79. The Kier molecular flexibility index (Phi) is 6.15. The van der Waals surface area contributed by atoms with Crippen LogP contribution in [-0.4, -0.2) is 56.1 Å². The van der Waals surface area contributed by atoms with Gasteiger partial charge in [-0.25, -0.2) is 0 Å². The van der Waals surface area contributed by atoms with Crippen molar-refractivity contribution in [2.75, 3.05) is 33.4 Å². The minimum absolute atomic E-state index is 0.0774. The van der Waals surface area contributed by atoms with Crippen LogP contribution in [-0.2, 0) is 19.1 Å². The molecule has 0 aromatic rings. The third-order valence-corrected chi connectivity index (χ3v) is 2.67. The van der Waals surface area contributed by atoms with Gasteiger partial charge >= 0.3 is 5.97 Å². The number of rotatable bonds is 9. The van der Waals surface area contributed by atoms with Crippen molar-refractivity contribution in [3.05, 3.63) is 0 Å². The van der Waals surface area contributed by atoms with Crippen molar-refractivity contribution in [3.8, 4) is 0 Å². The van der Waals surface area contributed by atoms with Gasteiger partial charge in [0.2, 0.25) is 0 Å². The number of carbonyl (C=O) groups is 2. The number of Topliss-reactive ketones (excluding diaryl/α,β-unsaturated/α-hetero) is 1. The monoisotopic (exact) mass is 243 g/mol. The Bertz CT molecular complexity index is 263. The molecule has 0 bridgehead atoms. The summed E-state index contributed by atoms with van der Waals surface area (Å²) in [5.74, 6) is -0.508. The summed E-state index contributed by atoms with van der Waals surface area (Å²) in [7, 11) is 1.64. The number of esters is 1. The fourth-order valence-electron chi connectivity index (χ4n) is 1.69. The molecule has 5 nitrogen and oxygen atoms in total. The molecule has 0 radical (unpaired) electrons. The van der Waals surface area contributed by atoms with E-state index in [0.29, 0.717) is 25.8 Å². The minimum atomic E-state index is -0.431. The molecule has 0 amide bonds. The molecule has 98 valence electrons. The fourth-order valence-corrected chi connectivity index (χ4v) is 1.69. The van der Waals surface area contributed by atoms with Gasteiger partial charge in [-0.2, -0.15) is 0 Å². The largest absolute Gasteiger partial charge is 0.466 e. The van der Waals surface area contributed by atoms with Crippen LogP contribution < -0.4 is 0 Å². The second-order valence-corrected chi connectivity index (χ2v) is 4.21. The van der Waals surface area contributed by atoms with Gasteiger partial charge in [0.25, 0.3) is 0 Å². The van der Waals surface area contributed by atoms with E-state index < -0.39 is 5.97 Å². The minimum Gasteiger partial charge on any atom is -0.466 e. The first-order valence-electron chi connectivity index (χ1n) is 6.07. The highest BCUT2D eigenvalue weighted by Gasteiger charge is 2.30. The first kappa shape index (κ1) is 14.1. The Labute approximate surface area is 102 Å². The summed E-state index contributed by atoms with van der Waals surface area (Å²) in [6.45, 7) is 3.74. The lowest BCUT2D eigenvalue weighted by Gasteiger charge is -2.20. The van der Waals surface area contributed by atoms with Crippen LogP contribution in [0, 0.1) is 0 Å². The lowest BCUT2D eigenvalue weighted by molar-refractivity contribution is -0.145. The molecule has 0 N–H and O–H groups in total. The van der Waals surface area contributed by atoms with E-state index in [9.17, 15) is 9.59 Å². The van der Waals surface area contributed by atoms with Crippen LogP contribution in [0.4, 0.5) is 0 Å². The molecule has 0 atom stereocenters. The molecule has 17 heavy (non-hydrogen) atoms. The SMILES string of the molecule is CCOC(=O)CC(=O)CN(CCOC)C1CC1. The first-order valence-corrected chi connectivity index (χ1v) is 6.07. The maximum atomic E-state index is 11.7. The topological polar surface area (TPSA) is 55.8 Å². The number of hydrogen-bond donors (Lipinski definition) is 0. The van der Waals surface area contributed by atoms with Gasteiger partial charge in [0, 0.05) is 19.7 Å². The van der Waals surface area contributed by atoms with E-state index >= 15 is 0 Å². The molecule has 0 unspecified atom stereocenters. The summed E-state index contributed by atoms with van der Waals surface area (Å²) in [4.78, 5) is 24.9. The van der Waals surface area contributed by atoms with Crippen molar-refractivity contribution in [2.24, 2.45) is 0 Å². The lowest BCUT2D eigenvalue weighted by atomic mass is 10.2. The average Bonchev–Trinajstić information content (AvgIpc) is 3.08. The summed E-state index contributed by atoms with van der Waals surface area (Å²) in [6.07, 6.45) is 2.15. The van der Waals surface area contributed by atoms with Gasteiger partial charge in [-0.15, -0.1) is 0 Å². The quantitative estimate of drug-likeness (QED) is 0.439. The van der Waals surface area contributed by atoms with Gasteiger partial charge in [-0.3, -0.25) is 14.5 Å². The Balaban J connectivity index is 2.28. The Morgan fingerprint density at radius 1 is 1.35 bits per heavy atom. The molecule has 0 spiro atoms. The van der Waals surface area contributed by atoms with Crippen molar-refractivity contribution < 1.29 is 19.1 Å². The molecular formula is C12H21NO4. The number of ketones is 1. The summed E-state index contributed by atoms with van der Waals surface area (Å²) >= 11 is 0. The zero-order valence-corrected chi connectivity index (χ0v) is 10.6. The van der Waals surface area contributed by atoms with Crippen LogP contribution in [0.25, 0.3) is 0 Å². The van der Waals surface area contributed by atoms with E-state index in [0.717, 1.165) is 19.4 Å². The molecule has 0 saturated heterocycles. The standard InChI is InChI=1S/C12H21NO4/c1-3-17-12(15)8-11(14)9-13(6-7-16-2)10-4-5-10/h10H,3-9H2,1-2H3. The summed E-state index contributed by atoms with van der Waals surface area (Å²) in [5, 5.41) is 0. The predicted molar refractivity (Wildman–Crippen MR) is 62.7 cm³/mol. The van der Waals surface area contributed by atoms with Crippen molar-refractivity contribution in [2.45, 2.75) is 32.2 Å². The number of methoxy groups -OCH3 is 1. The molecular weight excluding hydrogens is 222 g/mol. The zero-order valence-electron chi connectivity index (χ0n) is 10.6. The lowest BCUT2D eigenvalue weighted by Crippen LogP contribution is -2.35. The van der Waals surface area contributed by atoms with Crippen molar-refractivity contribution in [1.82, 2.24) is 4.90 Å². The van der Waals surface area contributed by atoms with Crippen LogP contribution >= 0.6 is 0 Å². The number of hydrogen-bond acceptors (Lipinski definition) is 5. The van der Waals surface area contributed by atoms with Gasteiger partial charge < -0.3 is 9.47 Å². The molecule has 5 heteroatoms. The number of carbonyl (C=O) groups excluding carboxylic acids is 2. The number of ether oxygens (including phenoxy) is 2. The highest BCUT2D eigenvalue weighted by molar-refractivity contribution is 5.96. The average molecular weight is 243 g/mol. The fraction of sp³-hybridized carbons (Fsp3) is 0.833. The number of nitrogens with zero attached hydrogens (tertiary/aromatic N) is 1. The Hall–Kier alpha value is -0.940. The van der Waals surface area contributed by atoms with Crippen molar-refractivity contribution in [1.29, 1.82) is 0 Å². The third-order valence-electron chi connectivity index (χ3n) is 2.67. The van der Waals surface area contributed by atoms with E-state index in [2.05, 4.69) is 4.90 Å². The Morgan fingerprint density at radius 3 is 2.59 bits per heavy atom. The van der Waals surface area contributed by atoms with E-state index in [-0.39, 0.29) is 12.2 Å². The maximum Gasteiger partial charge on any atom is 0.313 e. The molecule has 0 aromatic carbocycles. The summed E-state index contributed by atoms with van der Waals surface area (Å²) < 4.78 is 9.76. The van der Waals surface area contributed by atoms with E-state index in [4.69, 9.17) is 9.47 Å². The Morgan fingerprint density at radius 2 is 2.06 bits per heavy atom. The second-order valence-electron chi connectivity index (χ2n) is 4.21. The smallest absolute Gasteiger partial charge is 0.313 e. The molecule has 1 aliphatic carbocycles. The van der Waals surface area contributed by atoms with Crippen LogP contribution in [0.5, 0.6) is 0 Å². The molecule has 1 saturated carbocycles. The van der Waals surface area contributed by atoms with Crippen LogP contribution in [0.2, 0.25) is 0 Å². The van der Waals surface area contributed by atoms with Crippen LogP contribution in [0.15, 0.2) is 0 Å². The second kappa shape index (κ2) is 7.40. The predicted octanol–water partition coefficient (Wildman–Crippen LogP) is 0.620. The first-order chi connectivity index (χ1) is 8.17. The highest BCUT2D eigenvalue weighted by atomic mass is 16.5. The van der Waals surface area contributed by atoms with Gasteiger partial charge in [-0.05, 0) is 19.8 Å². The molecule has 1 aliphatic rings. The van der Waals surface area contributed by atoms with Crippen molar-refractivity contribution in [3.63, 3.8) is 0 Å². The zero-order chi connectivity index (χ0) is 12.7. The van der Waals surface area contributed by atoms with E-state index in [1.807, 2.05) is 0 Å². The van der Waals surface area contributed by atoms with E-state index in [1.165, 1.54) is 0 Å². The van der Waals surface area contributed by atoms with Crippen LogP contribution in [0.3, 0.4) is 0 Å². The molecule has 1 fully saturated rings. The highest BCUT2D eigenvalue weighted by Crippen LogP contribution is 2.26. The molecule has 1 rings (SSSR count). The molecule has 0 aromatic heterocycles. The molecule has 0 heterocycles. The van der Waals surface area contributed by atoms with Gasteiger partial charge in [-0.1, -0.05) is 0 Å². The van der Waals surface area contributed by atoms with Gasteiger partial charge in [0.15, 0.2) is 5.78 Å². The van der Waals surface area contributed by atoms with E-state index in [1.54, 1.807) is 14.0 Å².